The number of hydrogen-bond donors (Lipinski definition) is 2. The topological polar surface area (TPSA) is 115 Å². The lowest BCUT2D eigenvalue weighted by atomic mass is 10.0. The number of allylic oxidation sites excluding steroid dienone is 1. The van der Waals surface area contributed by atoms with Crippen LogP contribution in [0.1, 0.15) is 60.3 Å². The second-order valence-electron chi connectivity index (χ2n) is 9.29. The number of benzene rings is 2. The van der Waals surface area contributed by atoms with Crippen LogP contribution in [0.3, 0.4) is 0 Å². The van der Waals surface area contributed by atoms with Gasteiger partial charge in [-0.2, -0.15) is 0 Å². The summed E-state index contributed by atoms with van der Waals surface area (Å²) in [4.78, 5) is 37.9. The molecule has 0 saturated carbocycles. The molecule has 0 unspecified atom stereocenters. The Morgan fingerprint density at radius 3 is 2.51 bits per heavy atom. The van der Waals surface area contributed by atoms with Gasteiger partial charge in [0.2, 0.25) is 5.91 Å². The molecule has 3 aromatic rings. The Morgan fingerprint density at radius 1 is 1.10 bits per heavy atom. The summed E-state index contributed by atoms with van der Waals surface area (Å²) in [5, 5.41) is 15.3. The van der Waals surface area contributed by atoms with Gasteiger partial charge < -0.3 is 19.9 Å². The highest BCUT2D eigenvalue weighted by molar-refractivity contribution is 7.99. The maximum atomic E-state index is 13.0. The summed E-state index contributed by atoms with van der Waals surface area (Å²) >= 11 is 7.42. The van der Waals surface area contributed by atoms with Crippen LogP contribution in [0.4, 0.5) is 5.69 Å². The minimum Gasteiger partial charge on any atom is -0.459 e. The van der Waals surface area contributed by atoms with Crippen molar-refractivity contribution in [3.8, 4) is 0 Å². The molecule has 0 aliphatic carbocycles. The average Bonchev–Trinajstić information content (AvgIpc) is 3.28. The predicted octanol–water partition coefficient (Wildman–Crippen LogP) is 5.54. The molecule has 0 spiro atoms. The number of esters is 1. The molecule has 11 heteroatoms. The van der Waals surface area contributed by atoms with Crippen molar-refractivity contribution in [3.05, 3.63) is 83.2 Å². The van der Waals surface area contributed by atoms with Crippen molar-refractivity contribution in [1.29, 1.82) is 0 Å². The second-order valence-corrected chi connectivity index (χ2v) is 10.6. The van der Waals surface area contributed by atoms with Gasteiger partial charge in [-0.1, -0.05) is 61.5 Å². The fourth-order valence-electron chi connectivity index (χ4n) is 3.66. The van der Waals surface area contributed by atoms with E-state index in [0.29, 0.717) is 39.4 Å². The van der Waals surface area contributed by atoms with Gasteiger partial charge in [0, 0.05) is 12.2 Å². The van der Waals surface area contributed by atoms with Gasteiger partial charge >= 0.3 is 5.97 Å². The van der Waals surface area contributed by atoms with Gasteiger partial charge in [0.15, 0.2) is 11.0 Å². The zero-order valence-corrected chi connectivity index (χ0v) is 23.9. The Labute approximate surface area is 237 Å². The van der Waals surface area contributed by atoms with Gasteiger partial charge in [-0.3, -0.25) is 9.59 Å². The van der Waals surface area contributed by atoms with Crippen molar-refractivity contribution >= 4 is 46.8 Å². The molecular formula is C28H32ClN5O4S. The van der Waals surface area contributed by atoms with E-state index in [9.17, 15) is 14.4 Å². The van der Waals surface area contributed by atoms with E-state index in [1.165, 1.54) is 11.8 Å². The Hall–Kier alpha value is -3.63. The molecule has 2 N–H and O–H groups in total. The van der Waals surface area contributed by atoms with Gasteiger partial charge in [-0.15, -0.1) is 16.8 Å². The number of amides is 2. The van der Waals surface area contributed by atoms with Gasteiger partial charge in [0.1, 0.15) is 0 Å². The zero-order valence-electron chi connectivity index (χ0n) is 22.3. The summed E-state index contributed by atoms with van der Waals surface area (Å²) in [6, 6.07) is 12.9. The smallest absolute Gasteiger partial charge is 0.338 e. The molecule has 0 saturated heterocycles. The number of nitrogens with zero attached hydrogens (tertiary/aromatic N) is 3. The van der Waals surface area contributed by atoms with Crippen LogP contribution in [0.25, 0.3) is 0 Å². The van der Waals surface area contributed by atoms with Crippen molar-refractivity contribution in [3.63, 3.8) is 0 Å². The van der Waals surface area contributed by atoms with E-state index in [0.717, 1.165) is 0 Å². The first kappa shape index (κ1) is 29.9. The summed E-state index contributed by atoms with van der Waals surface area (Å²) in [6.45, 7) is 11.7. The molecule has 1 atom stereocenters. The Kier molecular flexibility index (Phi) is 10.7. The number of carbonyl (C=O) groups excluding carboxylic acids is 3. The molecular weight excluding hydrogens is 538 g/mol. The van der Waals surface area contributed by atoms with Gasteiger partial charge in [-0.05, 0) is 50.1 Å². The Morgan fingerprint density at radius 2 is 1.85 bits per heavy atom. The maximum absolute atomic E-state index is 13.0. The largest absolute Gasteiger partial charge is 0.459 e. The van der Waals surface area contributed by atoms with Crippen molar-refractivity contribution in [2.24, 2.45) is 5.92 Å². The Bertz CT molecular complexity index is 1340. The third-order valence-corrected chi connectivity index (χ3v) is 6.76. The van der Waals surface area contributed by atoms with Crippen LogP contribution in [0.15, 0.2) is 66.3 Å². The lowest BCUT2D eigenvalue weighted by molar-refractivity contribution is -0.113. The number of nitrogens with one attached hydrogen (secondary N) is 2. The van der Waals surface area contributed by atoms with Gasteiger partial charge in [-0.25, -0.2) is 4.79 Å². The van der Waals surface area contributed by atoms with E-state index in [1.54, 1.807) is 68.5 Å². The molecule has 0 aliphatic heterocycles. The van der Waals surface area contributed by atoms with Gasteiger partial charge in [0.25, 0.3) is 5.91 Å². The monoisotopic (exact) mass is 569 g/mol. The molecule has 3 rings (SSSR count). The molecule has 0 aliphatic rings. The maximum Gasteiger partial charge on any atom is 0.338 e. The van der Waals surface area contributed by atoms with E-state index in [-0.39, 0.29) is 29.6 Å². The number of thioether (sulfide) groups is 1. The third-order valence-electron chi connectivity index (χ3n) is 5.46. The van der Waals surface area contributed by atoms with Crippen molar-refractivity contribution in [2.45, 2.75) is 51.5 Å². The SMILES string of the molecule is C=CCn1c(SCC(=O)Nc2cccc(C(=O)OC(C)C)c2)nnc1[C@H](NC(=O)c1ccccc1Cl)C(C)C. The molecule has 39 heavy (non-hydrogen) atoms. The minimum absolute atomic E-state index is 0.0139. The van der Waals surface area contributed by atoms with Crippen LogP contribution in [0, 0.1) is 5.92 Å². The number of carbonyl (C=O) groups is 3. The first-order valence-electron chi connectivity index (χ1n) is 12.4. The number of aromatic nitrogens is 3. The van der Waals surface area contributed by atoms with Crippen LogP contribution >= 0.6 is 23.4 Å². The second kappa shape index (κ2) is 14.0. The molecule has 1 heterocycles. The van der Waals surface area contributed by atoms with E-state index >= 15 is 0 Å². The lowest BCUT2D eigenvalue weighted by Crippen LogP contribution is -2.34. The molecule has 206 valence electrons. The summed E-state index contributed by atoms with van der Waals surface area (Å²) in [5.41, 5.74) is 1.20. The minimum atomic E-state index is -0.460. The normalized spacial score (nSPS) is 11.8. The fourth-order valence-corrected chi connectivity index (χ4v) is 4.64. The summed E-state index contributed by atoms with van der Waals surface area (Å²) in [5.74, 6) is -0.475. The highest BCUT2D eigenvalue weighted by Gasteiger charge is 2.27. The standard InChI is InChI=1S/C28H32ClN5O4S/c1-6-14-34-25(24(17(2)3)31-26(36)21-12-7-8-13-22(21)29)32-33-28(34)39-16-23(35)30-20-11-9-10-19(15-20)27(37)38-18(4)5/h6-13,15,17-18,24H,1,14,16H2,2-5H3,(H,30,35)(H,31,36)/t24-/m1/s1. The van der Waals surface area contributed by atoms with Crippen molar-refractivity contribution in [1.82, 2.24) is 20.1 Å². The molecule has 2 aromatic carbocycles. The molecule has 0 bridgehead atoms. The first-order valence-corrected chi connectivity index (χ1v) is 13.8. The number of halogens is 1. The molecule has 2 amide bonds. The van der Waals surface area contributed by atoms with Crippen molar-refractivity contribution < 1.29 is 19.1 Å². The number of anilines is 1. The fraction of sp³-hybridized carbons (Fsp3) is 0.321. The van der Waals surface area contributed by atoms with Crippen LogP contribution in [0.2, 0.25) is 5.02 Å². The predicted molar refractivity (Wildman–Crippen MR) is 153 cm³/mol. The van der Waals surface area contributed by atoms with E-state index in [4.69, 9.17) is 16.3 Å². The summed E-state index contributed by atoms with van der Waals surface area (Å²) in [7, 11) is 0. The van der Waals surface area contributed by atoms with Crippen LogP contribution < -0.4 is 10.6 Å². The average molecular weight is 570 g/mol. The molecule has 0 fully saturated rings. The number of rotatable bonds is 12. The lowest BCUT2D eigenvalue weighted by Gasteiger charge is -2.23. The zero-order chi connectivity index (χ0) is 28.5. The van der Waals surface area contributed by atoms with Crippen LogP contribution in [-0.4, -0.2) is 44.4 Å². The summed E-state index contributed by atoms with van der Waals surface area (Å²) < 4.78 is 7.04. The third kappa shape index (κ3) is 8.18. The van der Waals surface area contributed by atoms with Crippen LogP contribution in [-0.2, 0) is 16.1 Å². The van der Waals surface area contributed by atoms with Crippen molar-refractivity contribution in [2.75, 3.05) is 11.1 Å². The van der Waals surface area contributed by atoms with Gasteiger partial charge in [0.05, 0.1) is 34.0 Å². The van der Waals surface area contributed by atoms with E-state index < -0.39 is 12.0 Å². The quantitative estimate of drug-likeness (QED) is 0.167. The van der Waals surface area contributed by atoms with E-state index in [2.05, 4.69) is 27.4 Å². The molecule has 9 nitrogen and oxygen atoms in total. The van der Waals surface area contributed by atoms with E-state index in [1.807, 2.05) is 18.4 Å². The summed E-state index contributed by atoms with van der Waals surface area (Å²) in [6.07, 6.45) is 1.45. The highest BCUT2D eigenvalue weighted by Crippen LogP contribution is 2.27. The highest BCUT2D eigenvalue weighted by atomic mass is 35.5. The molecule has 1 aromatic heterocycles. The molecule has 0 radical (unpaired) electrons. The first-order chi connectivity index (χ1) is 18.6. The Balaban J connectivity index is 1.72. The number of hydrogen-bond acceptors (Lipinski definition) is 7. The number of ether oxygens (including phenoxy) is 1. The van der Waals surface area contributed by atoms with Crippen LogP contribution in [0.5, 0.6) is 0 Å².